The number of nitrogens with zero attached hydrogens (tertiary/aromatic N) is 2. The number of aliphatic hydroxyl groups excluding tert-OH is 1. The smallest absolute Gasteiger partial charge is 0.254 e. The first kappa shape index (κ1) is 20.4. The lowest BCUT2D eigenvalue weighted by Crippen LogP contribution is -2.61. The van der Waals surface area contributed by atoms with Gasteiger partial charge in [-0.15, -0.1) is 0 Å². The molecule has 2 aliphatic heterocycles. The zero-order chi connectivity index (χ0) is 21.1. The highest BCUT2D eigenvalue weighted by Gasteiger charge is 2.52. The van der Waals surface area contributed by atoms with E-state index in [1.54, 1.807) is 16.9 Å². The normalized spacial score (nSPS) is 21.3. The van der Waals surface area contributed by atoms with Crippen molar-refractivity contribution in [1.82, 2.24) is 9.80 Å². The SMILES string of the molecule is COc1cccc(-c2cccc(C(=O)N3CCCC34CCCN(CCO)C4=O)c2)c1. The van der Waals surface area contributed by atoms with Crippen molar-refractivity contribution in [3.05, 3.63) is 54.1 Å². The number of carbonyl (C=O) groups excluding carboxylic acids is 2. The van der Waals surface area contributed by atoms with Crippen LogP contribution >= 0.6 is 0 Å². The number of methoxy groups -OCH3 is 1. The van der Waals surface area contributed by atoms with Crippen LogP contribution in [0.3, 0.4) is 0 Å². The Balaban J connectivity index is 1.63. The van der Waals surface area contributed by atoms with Crippen molar-refractivity contribution in [3.63, 3.8) is 0 Å². The first-order valence-corrected chi connectivity index (χ1v) is 10.6. The number of carbonyl (C=O) groups is 2. The standard InChI is InChI=1S/C24H28N2O4/c1-30-21-9-3-7-19(17-21)18-6-2-8-20(16-18)22(28)26-13-5-11-24(26)10-4-12-25(14-15-27)23(24)29/h2-3,6-9,16-17,27H,4-5,10-15H2,1H3. The first-order valence-electron chi connectivity index (χ1n) is 10.6. The Morgan fingerprint density at radius 3 is 2.50 bits per heavy atom. The third-order valence-corrected chi connectivity index (χ3v) is 6.32. The number of hydrogen-bond acceptors (Lipinski definition) is 4. The molecule has 30 heavy (non-hydrogen) atoms. The van der Waals surface area contributed by atoms with Gasteiger partial charge in [-0.2, -0.15) is 0 Å². The molecular weight excluding hydrogens is 380 g/mol. The Morgan fingerprint density at radius 2 is 1.77 bits per heavy atom. The number of benzene rings is 2. The predicted octanol–water partition coefficient (Wildman–Crippen LogP) is 2.95. The molecule has 2 saturated heterocycles. The van der Waals surface area contributed by atoms with Gasteiger partial charge in [-0.05, 0) is 61.1 Å². The van der Waals surface area contributed by atoms with E-state index in [9.17, 15) is 14.7 Å². The summed E-state index contributed by atoms with van der Waals surface area (Å²) in [5, 5.41) is 9.31. The van der Waals surface area contributed by atoms with Crippen LogP contribution in [0.25, 0.3) is 11.1 Å². The highest BCUT2D eigenvalue weighted by atomic mass is 16.5. The van der Waals surface area contributed by atoms with Crippen molar-refractivity contribution in [1.29, 1.82) is 0 Å². The molecule has 158 valence electrons. The van der Waals surface area contributed by atoms with E-state index in [-0.39, 0.29) is 18.4 Å². The molecule has 0 aliphatic carbocycles. The zero-order valence-corrected chi connectivity index (χ0v) is 17.3. The Morgan fingerprint density at radius 1 is 1.07 bits per heavy atom. The van der Waals surface area contributed by atoms with Crippen molar-refractivity contribution in [2.75, 3.05) is 33.4 Å². The molecule has 4 rings (SSSR count). The predicted molar refractivity (Wildman–Crippen MR) is 114 cm³/mol. The highest BCUT2D eigenvalue weighted by Crippen LogP contribution is 2.39. The fourth-order valence-corrected chi connectivity index (χ4v) is 4.85. The maximum Gasteiger partial charge on any atom is 0.254 e. The lowest BCUT2D eigenvalue weighted by molar-refractivity contribution is -0.146. The van der Waals surface area contributed by atoms with Gasteiger partial charge >= 0.3 is 0 Å². The number of ether oxygens (including phenoxy) is 1. The van der Waals surface area contributed by atoms with Crippen molar-refractivity contribution in [2.45, 2.75) is 31.2 Å². The van der Waals surface area contributed by atoms with Crippen molar-refractivity contribution < 1.29 is 19.4 Å². The summed E-state index contributed by atoms with van der Waals surface area (Å²) in [4.78, 5) is 30.3. The molecular formula is C24H28N2O4. The molecule has 2 amide bonds. The van der Waals surface area contributed by atoms with E-state index in [0.29, 0.717) is 38.0 Å². The number of β-amino-alcohol motifs (C(OH)–C–C–N with tert-alkyl or cyclic N) is 1. The van der Waals surface area contributed by atoms with Gasteiger partial charge in [-0.3, -0.25) is 9.59 Å². The van der Waals surface area contributed by atoms with Gasteiger partial charge in [0.15, 0.2) is 0 Å². The highest BCUT2D eigenvalue weighted by molar-refractivity contribution is 6.00. The third kappa shape index (κ3) is 3.56. The summed E-state index contributed by atoms with van der Waals surface area (Å²) in [5.41, 5.74) is 1.73. The molecule has 2 aromatic carbocycles. The average molecular weight is 408 g/mol. The Labute approximate surface area is 177 Å². The number of rotatable bonds is 5. The number of hydrogen-bond donors (Lipinski definition) is 1. The van der Waals surface area contributed by atoms with Crippen LogP contribution in [0.1, 0.15) is 36.0 Å². The molecule has 0 aromatic heterocycles. The number of piperidine rings is 1. The molecule has 2 heterocycles. The Bertz CT molecular complexity index is 942. The van der Waals surface area contributed by atoms with Gasteiger partial charge in [0, 0.05) is 25.2 Å². The molecule has 1 unspecified atom stereocenters. The second-order valence-electron chi connectivity index (χ2n) is 8.02. The van der Waals surface area contributed by atoms with Gasteiger partial charge in [-0.1, -0.05) is 24.3 Å². The summed E-state index contributed by atoms with van der Waals surface area (Å²) >= 11 is 0. The van der Waals surface area contributed by atoms with E-state index in [1.807, 2.05) is 48.5 Å². The van der Waals surface area contributed by atoms with Crippen LogP contribution in [-0.2, 0) is 4.79 Å². The maximum absolute atomic E-state index is 13.5. The van der Waals surface area contributed by atoms with Crippen molar-refractivity contribution in [3.8, 4) is 16.9 Å². The third-order valence-electron chi connectivity index (χ3n) is 6.32. The van der Waals surface area contributed by atoms with Crippen LogP contribution < -0.4 is 4.74 Å². The van der Waals surface area contributed by atoms with Crippen molar-refractivity contribution in [2.24, 2.45) is 0 Å². The fourth-order valence-electron chi connectivity index (χ4n) is 4.85. The molecule has 0 bridgehead atoms. The van der Waals surface area contributed by atoms with Gasteiger partial charge in [0.05, 0.1) is 13.7 Å². The minimum absolute atomic E-state index is 0.0161. The van der Waals surface area contributed by atoms with E-state index >= 15 is 0 Å². The van der Waals surface area contributed by atoms with Gasteiger partial charge in [0.25, 0.3) is 5.91 Å². The minimum Gasteiger partial charge on any atom is -0.497 e. The lowest BCUT2D eigenvalue weighted by Gasteiger charge is -2.44. The minimum atomic E-state index is -0.767. The summed E-state index contributed by atoms with van der Waals surface area (Å²) in [6.07, 6.45) is 3.05. The summed E-state index contributed by atoms with van der Waals surface area (Å²) in [6.45, 7) is 1.50. The molecule has 2 aliphatic rings. The number of amides is 2. The first-order chi connectivity index (χ1) is 14.6. The maximum atomic E-state index is 13.5. The van der Waals surface area contributed by atoms with Gasteiger partial charge in [0.1, 0.15) is 11.3 Å². The van der Waals surface area contributed by atoms with E-state index in [1.165, 1.54) is 0 Å². The van der Waals surface area contributed by atoms with E-state index in [4.69, 9.17) is 4.74 Å². The molecule has 6 nitrogen and oxygen atoms in total. The Kier molecular flexibility index (Phi) is 5.77. The molecule has 1 N–H and O–H groups in total. The quantitative estimate of drug-likeness (QED) is 0.826. The van der Waals surface area contributed by atoms with Crippen LogP contribution in [-0.4, -0.2) is 65.6 Å². The summed E-state index contributed by atoms with van der Waals surface area (Å²) in [6, 6.07) is 15.3. The van der Waals surface area contributed by atoms with Crippen LogP contribution in [0.15, 0.2) is 48.5 Å². The largest absolute Gasteiger partial charge is 0.497 e. The lowest BCUT2D eigenvalue weighted by atomic mass is 9.85. The fraction of sp³-hybridized carbons (Fsp3) is 0.417. The number of likely N-dealkylation sites (tertiary alicyclic amines) is 2. The molecule has 2 aromatic rings. The van der Waals surface area contributed by atoms with Crippen LogP contribution in [0.2, 0.25) is 0 Å². The van der Waals surface area contributed by atoms with E-state index < -0.39 is 5.54 Å². The average Bonchev–Trinajstić information content (AvgIpc) is 3.21. The molecule has 2 fully saturated rings. The molecule has 0 saturated carbocycles. The van der Waals surface area contributed by atoms with Gasteiger partial charge in [-0.25, -0.2) is 0 Å². The molecule has 1 spiro atoms. The van der Waals surface area contributed by atoms with E-state index in [0.717, 1.165) is 29.7 Å². The molecule has 6 heteroatoms. The summed E-state index contributed by atoms with van der Waals surface area (Å²) in [5.74, 6) is 0.647. The van der Waals surface area contributed by atoms with E-state index in [2.05, 4.69) is 0 Å². The Hall–Kier alpha value is -2.86. The van der Waals surface area contributed by atoms with Gasteiger partial charge in [0.2, 0.25) is 5.91 Å². The zero-order valence-electron chi connectivity index (χ0n) is 17.3. The van der Waals surface area contributed by atoms with Gasteiger partial charge < -0.3 is 19.6 Å². The molecule has 0 radical (unpaired) electrons. The summed E-state index contributed by atoms with van der Waals surface area (Å²) in [7, 11) is 1.63. The van der Waals surface area contributed by atoms with Crippen molar-refractivity contribution >= 4 is 11.8 Å². The van der Waals surface area contributed by atoms with Crippen LogP contribution in [0, 0.1) is 0 Å². The monoisotopic (exact) mass is 408 g/mol. The second kappa shape index (κ2) is 8.48. The second-order valence-corrected chi connectivity index (χ2v) is 8.02. The van der Waals surface area contributed by atoms with Crippen LogP contribution in [0.4, 0.5) is 0 Å². The van der Waals surface area contributed by atoms with Crippen LogP contribution in [0.5, 0.6) is 5.75 Å². The number of aliphatic hydroxyl groups is 1. The summed E-state index contributed by atoms with van der Waals surface area (Å²) < 4.78 is 5.32. The molecule has 1 atom stereocenters. The topological polar surface area (TPSA) is 70.1 Å².